The number of benzene rings is 1. The topological polar surface area (TPSA) is 69.6 Å². The van der Waals surface area contributed by atoms with Crippen LogP contribution in [0.25, 0.3) is 11.0 Å². The number of rotatable bonds is 2. The van der Waals surface area contributed by atoms with E-state index in [1.165, 1.54) is 0 Å². The first-order chi connectivity index (χ1) is 9.13. The number of hydrogen-bond donors (Lipinski definition) is 1. The fourth-order valence-corrected chi connectivity index (χ4v) is 2.11. The summed E-state index contributed by atoms with van der Waals surface area (Å²) in [6, 6.07) is 5.50. The van der Waals surface area contributed by atoms with E-state index in [0.29, 0.717) is 17.5 Å². The fourth-order valence-electron chi connectivity index (χ4n) is 1.94. The fraction of sp³-hybridized carbons (Fsp3) is 0.154. The number of nitrogen functional groups attached to an aromatic ring is 1. The van der Waals surface area contributed by atoms with E-state index >= 15 is 0 Å². The highest BCUT2D eigenvalue weighted by Gasteiger charge is 2.09. The van der Waals surface area contributed by atoms with Gasteiger partial charge in [-0.25, -0.2) is 4.98 Å². The molecule has 0 aliphatic rings. The van der Waals surface area contributed by atoms with Gasteiger partial charge in [0.15, 0.2) is 0 Å². The number of aryl methyl sites for hydroxylation is 1. The van der Waals surface area contributed by atoms with Crippen LogP contribution in [-0.2, 0) is 6.54 Å². The number of nitrogens with zero attached hydrogens (tertiary/aromatic N) is 4. The van der Waals surface area contributed by atoms with Gasteiger partial charge in [0.1, 0.15) is 0 Å². The van der Waals surface area contributed by atoms with Gasteiger partial charge in [0, 0.05) is 11.2 Å². The van der Waals surface area contributed by atoms with Crippen molar-refractivity contribution in [1.29, 1.82) is 0 Å². The number of nitrogens with two attached hydrogens (primary N) is 1. The summed E-state index contributed by atoms with van der Waals surface area (Å²) in [5, 5.41) is 0.656. The summed E-state index contributed by atoms with van der Waals surface area (Å²) in [4.78, 5) is 12.8. The summed E-state index contributed by atoms with van der Waals surface area (Å²) in [6.45, 7) is 2.42. The number of imidazole rings is 1. The van der Waals surface area contributed by atoms with Gasteiger partial charge >= 0.3 is 0 Å². The average Bonchev–Trinajstić information content (AvgIpc) is 2.69. The van der Waals surface area contributed by atoms with Crippen molar-refractivity contribution in [2.24, 2.45) is 0 Å². The molecule has 2 heterocycles. The first-order valence-corrected chi connectivity index (χ1v) is 6.20. The second-order valence-corrected chi connectivity index (χ2v) is 4.77. The van der Waals surface area contributed by atoms with Crippen LogP contribution in [0.5, 0.6) is 0 Å². The zero-order valence-corrected chi connectivity index (χ0v) is 11.1. The van der Waals surface area contributed by atoms with Gasteiger partial charge in [-0.3, -0.25) is 9.97 Å². The normalized spacial score (nSPS) is 11.1. The van der Waals surface area contributed by atoms with Gasteiger partial charge in [-0.1, -0.05) is 11.6 Å². The molecule has 0 radical (unpaired) electrons. The molecule has 0 amide bonds. The average molecular weight is 274 g/mol. The zero-order chi connectivity index (χ0) is 13.4. The van der Waals surface area contributed by atoms with Crippen LogP contribution in [0.3, 0.4) is 0 Å². The van der Waals surface area contributed by atoms with E-state index in [1.807, 2.05) is 23.6 Å². The van der Waals surface area contributed by atoms with Crippen LogP contribution in [0.1, 0.15) is 11.4 Å². The lowest BCUT2D eigenvalue weighted by Crippen LogP contribution is -2.06. The van der Waals surface area contributed by atoms with Crippen LogP contribution in [0.4, 0.5) is 5.95 Å². The molecule has 0 fully saturated rings. The Labute approximate surface area is 115 Å². The van der Waals surface area contributed by atoms with Gasteiger partial charge in [-0.15, -0.1) is 0 Å². The highest BCUT2D eigenvalue weighted by Crippen LogP contribution is 2.22. The molecule has 2 N–H and O–H groups in total. The SMILES string of the molecule is Cc1cnc(Cn2c(N)nc3ccc(Cl)cc32)cn1. The summed E-state index contributed by atoms with van der Waals surface area (Å²) in [6.07, 6.45) is 3.47. The molecule has 1 aromatic carbocycles. The van der Waals surface area contributed by atoms with E-state index < -0.39 is 0 Å². The monoisotopic (exact) mass is 273 g/mol. The van der Waals surface area contributed by atoms with Crippen molar-refractivity contribution < 1.29 is 0 Å². The first kappa shape index (κ1) is 11.9. The lowest BCUT2D eigenvalue weighted by molar-refractivity contribution is 0.798. The standard InChI is InChI=1S/C13H12ClN5/c1-8-5-17-10(6-16-8)7-19-12-4-9(14)2-3-11(12)18-13(19)15/h2-6H,7H2,1H3,(H2,15,18). The Morgan fingerprint density at radius 1 is 1.26 bits per heavy atom. The number of hydrogen-bond acceptors (Lipinski definition) is 4. The molecule has 0 saturated carbocycles. The van der Waals surface area contributed by atoms with E-state index in [4.69, 9.17) is 17.3 Å². The van der Waals surface area contributed by atoms with Gasteiger partial charge < -0.3 is 10.3 Å². The number of aromatic nitrogens is 4. The van der Waals surface area contributed by atoms with Gasteiger partial charge in [-0.05, 0) is 25.1 Å². The van der Waals surface area contributed by atoms with E-state index in [9.17, 15) is 0 Å². The molecule has 5 nitrogen and oxygen atoms in total. The van der Waals surface area contributed by atoms with Crippen molar-refractivity contribution in [3.63, 3.8) is 0 Å². The van der Waals surface area contributed by atoms with Crippen molar-refractivity contribution in [1.82, 2.24) is 19.5 Å². The molecule has 0 unspecified atom stereocenters. The van der Waals surface area contributed by atoms with Crippen molar-refractivity contribution in [3.05, 3.63) is 47.0 Å². The van der Waals surface area contributed by atoms with Crippen molar-refractivity contribution in [2.45, 2.75) is 13.5 Å². The number of halogens is 1. The summed E-state index contributed by atoms with van der Waals surface area (Å²) in [5.74, 6) is 0.444. The first-order valence-electron chi connectivity index (χ1n) is 5.82. The summed E-state index contributed by atoms with van der Waals surface area (Å²) >= 11 is 6.01. The molecule has 0 bridgehead atoms. The van der Waals surface area contributed by atoms with Crippen LogP contribution < -0.4 is 5.73 Å². The number of fused-ring (bicyclic) bond motifs is 1. The molecule has 0 spiro atoms. The van der Waals surface area contributed by atoms with Gasteiger partial charge in [0.2, 0.25) is 5.95 Å². The van der Waals surface area contributed by atoms with Crippen molar-refractivity contribution in [2.75, 3.05) is 5.73 Å². The molecule has 3 rings (SSSR count). The maximum atomic E-state index is 6.01. The molecule has 96 valence electrons. The summed E-state index contributed by atoms with van der Waals surface area (Å²) in [5.41, 5.74) is 9.37. The maximum absolute atomic E-state index is 6.01. The smallest absolute Gasteiger partial charge is 0.201 e. The molecule has 6 heteroatoms. The van der Waals surface area contributed by atoms with Gasteiger partial charge in [-0.2, -0.15) is 0 Å². The van der Waals surface area contributed by atoms with Crippen LogP contribution in [0, 0.1) is 6.92 Å². The molecular formula is C13H12ClN5. The quantitative estimate of drug-likeness (QED) is 0.778. The lowest BCUT2D eigenvalue weighted by Gasteiger charge is -2.06. The van der Waals surface area contributed by atoms with E-state index in [2.05, 4.69) is 15.0 Å². The summed E-state index contributed by atoms with van der Waals surface area (Å²) < 4.78 is 1.88. The van der Waals surface area contributed by atoms with Crippen molar-refractivity contribution >= 4 is 28.6 Å². The Kier molecular flexibility index (Phi) is 2.83. The molecule has 0 saturated heterocycles. The Morgan fingerprint density at radius 3 is 2.84 bits per heavy atom. The van der Waals surface area contributed by atoms with E-state index in [1.54, 1.807) is 18.5 Å². The third kappa shape index (κ3) is 2.24. The third-order valence-corrected chi connectivity index (χ3v) is 3.13. The Morgan fingerprint density at radius 2 is 2.11 bits per heavy atom. The highest BCUT2D eigenvalue weighted by atomic mass is 35.5. The Bertz CT molecular complexity index is 733. The second-order valence-electron chi connectivity index (χ2n) is 4.34. The molecular weight excluding hydrogens is 262 g/mol. The Balaban J connectivity index is 2.06. The van der Waals surface area contributed by atoms with Crippen LogP contribution in [0.15, 0.2) is 30.6 Å². The number of anilines is 1. The molecule has 0 aliphatic heterocycles. The zero-order valence-electron chi connectivity index (χ0n) is 10.3. The van der Waals surface area contributed by atoms with Crippen LogP contribution in [-0.4, -0.2) is 19.5 Å². The Hall–Kier alpha value is -2.14. The molecule has 2 aromatic heterocycles. The summed E-state index contributed by atoms with van der Waals surface area (Å²) in [7, 11) is 0. The third-order valence-electron chi connectivity index (χ3n) is 2.89. The maximum Gasteiger partial charge on any atom is 0.201 e. The van der Waals surface area contributed by atoms with Crippen LogP contribution in [0.2, 0.25) is 5.02 Å². The molecule has 0 atom stereocenters. The van der Waals surface area contributed by atoms with Crippen molar-refractivity contribution in [3.8, 4) is 0 Å². The van der Waals surface area contributed by atoms with Crippen LogP contribution >= 0.6 is 11.6 Å². The van der Waals surface area contributed by atoms with E-state index in [-0.39, 0.29) is 0 Å². The molecule has 3 aromatic rings. The van der Waals surface area contributed by atoms with E-state index in [0.717, 1.165) is 22.4 Å². The highest BCUT2D eigenvalue weighted by molar-refractivity contribution is 6.31. The van der Waals surface area contributed by atoms with Gasteiger partial charge in [0.05, 0.1) is 35.2 Å². The largest absolute Gasteiger partial charge is 0.369 e. The molecule has 19 heavy (non-hydrogen) atoms. The predicted molar refractivity (Wildman–Crippen MR) is 75.0 cm³/mol. The van der Waals surface area contributed by atoms with Gasteiger partial charge in [0.25, 0.3) is 0 Å². The predicted octanol–water partition coefficient (Wildman–Crippen LogP) is 2.42. The minimum absolute atomic E-state index is 0.444. The minimum Gasteiger partial charge on any atom is -0.369 e. The minimum atomic E-state index is 0.444. The molecule has 0 aliphatic carbocycles. The second kappa shape index (κ2) is 4.51. The lowest BCUT2D eigenvalue weighted by atomic mass is 10.3.